The largest absolute Gasteiger partial charge is 0.478 e. The van der Waals surface area contributed by atoms with Gasteiger partial charge in [-0.1, -0.05) is 37.3 Å². The Bertz CT molecular complexity index is 866. The van der Waals surface area contributed by atoms with Crippen LogP contribution in [0.1, 0.15) is 49.2 Å². The Morgan fingerprint density at radius 3 is 2.35 bits per heavy atom. The van der Waals surface area contributed by atoms with Gasteiger partial charge in [0.1, 0.15) is 4.90 Å². The molecule has 0 saturated heterocycles. The number of carboxylic acid groups (broad SMARTS) is 1. The molecule has 0 aromatic heterocycles. The zero-order valence-electron chi connectivity index (χ0n) is 15.1. The van der Waals surface area contributed by atoms with Gasteiger partial charge in [-0.05, 0) is 44.0 Å². The number of aromatic carboxylic acids is 1. The van der Waals surface area contributed by atoms with E-state index in [1.165, 1.54) is 18.2 Å². The molecule has 0 amide bonds. The van der Waals surface area contributed by atoms with Gasteiger partial charge in [-0.3, -0.25) is 0 Å². The lowest BCUT2D eigenvalue weighted by Crippen LogP contribution is -2.32. The number of benzene rings is 2. The smallest absolute Gasteiger partial charge is 0.335 e. The van der Waals surface area contributed by atoms with E-state index in [2.05, 4.69) is 10.0 Å². The average Bonchev–Trinajstić information content (AvgIpc) is 2.61. The summed E-state index contributed by atoms with van der Waals surface area (Å²) in [5, 5.41) is 12.4. The Labute approximate surface area is 154 Å². The van der Waals surface area contributed by atoms with Crippen molar-refractivity contribution < 1.29 is 18.3 Å². The summed E-state index contributed by atoms with van der Waals surface area (Å²) < 4.78 is 28.1. The number of rotatable bonds is 8. The highest BCUT2D eigenvalue weighted by atomic mass is 32.2. The van der Waals surface area contributed by atoms with Crippen LogP contribution >= 0.6 is 0 Å². The molecule has 0 fully saturated rings. The number of carbonyl (C=O) groups is 1. The number of carboxylic acids is 1. The fourth-order valence-corrected chi connectivity index (χ4v) is 3.99. The van der Waals surface area contributed by atoms with Gasteiger partial charge in [0.05, 0.1) is 11.3 Å². The summed E-state index contributed by atoms with van der Waals surface area (Å²) in [5.41, 5.74) is 1.28. The number of anilines is 1. The van der Waals surface area contributed by atoms with Crippen LogP contribution in [0.4, 0.5) is 5.69 Å². The number of sulfonamides is 1. The first-order valence-corrected chi connectivity index (χ1v) is 9.94. The maximum atomic E-state index is 12.8. The molecule has 0 aliphatic carbocycles. The molecule has 2 aromatic carbocycles. The highest BCUT2D eigenvalue weighted by Gasteiger charge is 2.23. The normalized spacial score (nSPS) is 13.8. The molecule has 0 bridgehead atoms. The van der Waals surface area contributed by atoms with Gasteiger partial charge < -0.3 is 10.4 Å². The summed E-state index contributed by atoms with van der Waals surface area (Å²) in [6, 6.07) is 13.3. The Balaban J connectivity index is 2.44. The minimum Gasteiger partial charge on any atom is -0.478 e. The van der Waals surface area contributed by atoms with Crippen LogP contribution in [0.5, 0.6) is 0 Å². The second kappa shape index (κ2) is 8.33. The monoisotopic (exact) mass is 376 g/mol. The lowest BCUT2D eigenvalue weighted by molar-refractivity contribution is 0.0696. The molecular formula is C19H24N2O4S. The lowest BCUT2D eigenvalue weighted by Gasteiger charge is -2.20. The standard InChI is InChI=1S/C19H24N2O4S/c1-4-13(2)21-26(24,25)18-12-16(19(22)23)10-11-17(18)20-14(3)15-8-6-5-7-9-15/h5-14,20-21H,4H2,1-3H3,(H,22,23)/t13-,14-/m1/s1. The molecule has 2 aromatic rings. The summed E-state index contributed by atoms with van der Waals surface area (Å²) in [7, 11) is -3.86. The molecule has 2 rings (SSSR count). The Hall–Kier alpha value is -2.38. The van der Waals surface area contributed by atoms with Crippen LogP contribution in [-0.2, 0) is 10.0 Å². The molecule has 7 heteroatoms. The fourth-order valence-electron chi connectivity index (χ4n) is 2.47. The summed E-state index contributed by atoms with van der Waals surface area (Å²) in [4.78, 5) is 11.2. The van der Waals surface area contributed by atoms with E-state index in [4.69, 9.17) is 0 Å². The van der Waals surface area contributed by atoms with E-state index in [9.17, 15) is 18.3 Å². The average molecular weight is 376 g/mol. The van der Waals surface area contributed by atoms with Gasteiger partial charge in [-0.15, -0.1) is 0 Å². The van der Waals surface area contributed by atoms with Gasteiger partial charge in [0.25, 0.3) is 0 Å². The van der Waals surface area contributed by atoms with Gasteiger partial charge >= 0.3 is 5.97 Å². The van der Waals surface area contributed by atoms with Crippen LogP contribution < -0.4 is 10.0 Å². The van der Waals surface area contributed by atoms with Crippen molar-refractivity contribution in [3.05, 3.63) is 59.7 Å². The Morgan fingerprint density at radius 2 is 1.77 bits per heavy atom. The predicted octanol–water partition coefficient (Wildman–Crippen LogP) is 3.63. The van der Waals surface area contributed by atoms with E-state index in [1.807, 2.05) is 44.2 Å². The van der Waals surface area contributed by atoms with Crippen LogP contribution in [0.3, 0.4) is 0 Å². The molecular weight excluding hydrogens is 352 g/mol. The molecule has 0 saturated carbocycles. The van der Waals surface area contributed by atoms with Gasteiger partial charge in [-0.2, -0.15) is 0 Å². The van der Waals surface area contributed by atoms with Crippen LogP contribution in [-0.4, -0.2) is 25.5 Å². The van der Waals surface area contributed by atoms with Crippen molar-refractivity contribution in [1.82, 2.24) is 4.72 Å². The predicted molar refractivity (Wildman–Crippen MR) is 102 cm³/mol. The molecule has 6 nitrogen and oxygen atoms in total. The molecule has 0 radical (unpaired) electrons. The van der Waals surface area contributed by atoms with Crippen molar-refractivity contribution in [3.63, 3.8) is 0 Å². The minimum atomic E-state index is -3.86. The molecule has 3 N–H and O–H groups in total. The van der Waals surface area contributed by atoms with E-state index in [-0.39, 0.29) is 22.5 Å². The van der Waals surface area contributed by atoms with E-state index in [1.54, 1.807) is 6.92 Å². The lowest BCUT2D eigenvalue weighted by atomic mass is 10.1. The van der Waals surface area contributed by atoms with Crippen LogP contribution in [0, 0.1) is 0 Å². The van der Waals surface area contributed by atoms with E-state index in [0.717, 1.165) is 5.56 Å². The van der Waals surface area contributed by atoms with E-state index < -0.39 is 16.0 Å². The number of hydrogen-bond acceptors (Lipinski definition) is 4. The summed E-state index contributed by atoms with van der Waals surface area (Å²) >= 11 is 0. The second-order valence-electron chi connectivity index (χ2n) is 6.22. The molecule has 0 aliphatic rings. The quantitative estimate of drug-likeness (QED) is 0.654. The maximum absolute atomic E-state index is 12.8. The number of hydrogen-bond donors (Lipinski definition) is 3. The zero-order chi connectivity index (χ0) is 19.3. The van der Waals surface area contributed by atoms with Crippen molar-refractivity contribution >= 4 is 21.7 Å². The third-order valence-electron chi connectivity index (χ3n) is 4.16. The number of nitrogens with one attached hydrogen (secondary N) is 2. The first kappa shape index (κ1) is 19.9. The van der Waals surface area contributed by atoms with Gasteiger partial charge in [0.2, 0.25) is 10.0 Å². The molecule has 0 unspecified atom stereocenters. The third kappa shape index (κ3) is 4.83. The molecule has 0 heterocycles. The van der Waals surface area contributed by atoms with Crippen LogP contribution in [0.25, 0.3) is 0 Å². The molecule has 0 aliphatic heterocycles. The molecule has 2 atom stereocenters. The minimum absolute atomic E-state index is 0.0690. The second-order valence-corrected chi connectivity index (χ2v) is 7.91. The van der Waals surface area contributed by atoms with Crippen molar-refractivity contribution in [2.75, 3.05) is 5.32 Å². The third-order valence-corrected chi connectivity index (χ3v) is 5.79. The Kier molecular flexibility index (Phi) is 6.39. The first-order chi connectivity index (χ1) is 12.2. The highest BCUT2D eigenvalue weighted by molar-refractivity contribution is 7.89. The van der Waals surface area contributed by atoms with E-state index >= 15 is 0 Å². The maximum Gasteiger partial charge on any atom is 0.335 e. The highest BCUT2D eigenvalue weighted by Crippen LogP contribution is 2.27. The van der Waals surface area contributed by atoms with Crippen molar-refractivity contribution in [2.45, 2.75) is 44.2 Å². The summed E-state index contributed by atoms with van der Waals surface area (Å²) in [5.74, 6) is -1.17. The van der Waals surface area contributed by atoms with Crippen LogP contribution in [0.2, 0.25) is 0 Å². The SMILES string of the molecule is CC[C@@H](C)NS(=O)(=O)c1cc(C(=O)O)ccc1N[C@H](C)c1ccccc1. The zero-order valence-corrected chi connectivity index (χ0v) is 15.9. The molecule has 0 spiro atoms. The van der Waals surface area contributed by atoms with Crippen molar-refractivity contribution in [1.29, 1.82) is 0 Å². The van der Waals surface area contributed by atoms with Gasteiger partial charge in [0, 0.05) is 12.1 Å². The van der Waals surface area contributed by atoms with Gasteiger partial charge in [0.15, 0.2) is 0 Å². The van der Waals surface area contributed by atoms with Crippen molar-refractivity contribution in [3.8, 4) is 0 Å². The Morgan fingerprint density at radius 1 is 1.12 bits per heavy atom. The van der Waals surface area contributed by atoms with E-state index in [0.29, 0.717) is 12.1 Å². The van der Waals surface area contributed by atoms with Crippen LogP contribution in [0.15, 0.2) is 53.4 Å². The fraction of sp³-hybridized carbons (Fsp3) is 0.316. The summed E-state index contributed by atoms with van der Waals surface area (Å²) in [6.45, 7) is 5.55. The topological polar surface area (TPSA) is 95.5 Å². The molecule has 26 heavy (non-hydrogen) atoms. The molecule has 140 valence electrons. The first-order valence-electron chi connectivity index (χ1n) is 8.45. The van der Waals surface area contributed by atoms with Gasteiger partial charge in [-0.25, -0.2) is 17.9 Å². The van der Waals surface area contributed by atoms with Crippen molar-refractivity contribution in [2.24, 2.45) is 0 Å². The summed E-state index contributed by atoms with van der Waals surface area (Å²) in [6.07, 6.45) is 0.626.